The van der Waals surface area contributed by atoms with Gasteiger partial charge in [0, 0.05) is 31.1 Å². The Morgan fingerprint density at radius 1 is 1.21 bits per heavy atom. The van der Waals surface area contributed by atoms with E-state index >= 15 is 0 Å². The van der Waals surface area contributed by atoms with E-state index in [-0.39, 0.29) is 0 Å². The molecule has 2 aromatic heterocycles. The highest BCUT2D eigenvalue weighted by Crippen LogP contribution is 2.51. The first-order valence-corrected chi connectivity index (χ1v) is 9.56. The summed E-state index contributed by atoms with van der Waals surface area (Å²) in [7, 11) is 1.99. The molecule has 6 heteroatoms. The maximum Gasteiger partial charge on any atom is 0.276 e. The van der Waals surface area contributed by atoms with Crippen LogP contribution in [0.25, 0.3) is 16.0 Å². The third-order valence-corrected chi connectivity index (χ3v) is 5.77. The fourth-order valence-corrected chi connectivity index (χ4v) is 3.97. The van der Waals surface area contributed by atoms with E-state index in [1.165, 1.54) is 0 Å². The van der Waals surface area contributed by atoms with E-state index in [0.29, 0.717) is 10.7 Å². The Labute approximate surface area is 169 Å². The van der Waals surface area contributed by atoms with Gasteiger partial charge in [-0.3, -0.25) is 0 Å². The third kappa shape index (κ3) is 2.94. The second kappa shape index (κ2) is 6.65. The van der Waals surface area contributed by atoms with Gasteiger partial charge in [-0.15, -0.1) is 0 Å². The second-order valence-corrected chi connectivity index (χ2v) is 7.83. The molecule has 1 fully saturated rings. The molecule has 142 valence electrons. The van der Waals surface area contributed by atoms with Crippen molar-refractivity contribution in [3.05, 3.63) is 69.6 Å². The number of aryl methyl sites for hydroxylation is 3. The van der Waals surface area contributed by atoms with E-state index in [4.69, 9.17) is 22.7 Å². The Balaban J connectivity index is 1.73. The molecule has 1 aromatic carbocycles. The predicted molar refractivity (Wildman–Crippen MR) is 111 cm³/mol. The van der Waals surface area contributed by atoms with Crippen molar-refractivity contribution in [3.63, 3.8) is 0 Å². The van der Waals surface area contributed by atoms with E-state index in [2.05, 4.69) is 45.0 Å². The molecule has 4 rings (SSSR count). The molecule has 1 aliphatic rings. The first-order chi connectivity index (χ1) is 13.4. The van der Waals surface area contributed by atoms with Gasteiger partial charge in [-0.05, 0) is 44.0 Å². The number of hydrogen-bond donors (Lipinski definition) is 0. The minimum atomic E-state index is -0.507. The lowest BCUT2D eigenvalue weighted by Gasteiger charge is -2.23. The molecule has 0 bridgehead atoms. The van der Waals surface area contributed by atoms with Gasteiger partial charge >= 0.3 is 0 Å². The predicted octanol–water partition coefficient (Wildman–Crippen LogP) is 5.99. The van der Waals surface area contributed by atoms with Crippen LogP contribution in [0, 0.1) is 27.3 Å². The van der Waals surface area contributed by atoms with E-state index in [0.717, 1.165) is 52.4 Å². The Hall–Kier alpha value is -2.84. The monoisotopic (exact) mass is 392 g/mol. The van der Waals surface area contributed by atoms with Gasteiger partial charge in [-0.1, -0.05) is 28.9 Å². The zero-order chi connectivity index (χ0) is 20.1. The molecule has 0 N–H and O–H groups in total. The number of anilines is 2. The zero-order valence-corrected chi connectivity index (χ0v) is 17.1. The van der Waals surface area contributed by atoms with Gasteiger partial charge in [-0.25, -0.2) is 11.6 Å². The van der Waals surface area contributed by atoms with Crippen LogP contribution < -0.4 is 4.90 Å². The highest BCUT2D eigenvalue weighted by molar-refractivity contribution is 6.31. The molecule has 0 unspecified atom stereocenters. The van der Waals surface area contributed by atoms with Crippen LogP contribution in [0.5, 0.6) is 0 Å². The van der Waals surface area contributed by atoms with Crippen LogP contribution in [0.1, 0.15) is 35.6 Å². The van der Waals surface area contributed by atoms with E-state index in [9.17, 15) is 0 Å². The minimum absolute atomic E-state index is 0.507. The van der Waals surface area contributed by atoms with Crippen molar-refractivity contribution < 1.29 is 4.52 Å². The Morgan fingerprint density at radius 3 is 2.54 bits per heavy atom. The Bertz CT molecular complexity index is 1090. The molecule has 1 aliphatic carbocycles. The molecular formula is C22H21ClN4O. The van der Waals surface area contributed by atoms with Crippen molar-refractivity contribution in [2.24, 2.45) is 0 Å². The third-order valence-electron chi connectivity index (χ3n) is 5.48. The Morgan fingerprint density at radius 2 is 1.96 bits per heavy atom. The smallest absolute Gasteiger partial charge is 0.276 e. The van der Waals surface area contributed by atoms with Gasteiger partial charge in [0.2, 0.25) is 0 Å². The highest BCUT2D eigenvalue weighted by atomic mass is 35.5. The van der Waals surface area contributed by atoms with Crippen molar-refractivity contribution in [1.29, 1.82) is 0 Å². The van der Waals surface area contributed by atoms with E-state index in [1.54, 1.807) is 6.20 Å². The molecule has 0 spiro atoms. The summed E-state index contributed by atoms with van der Waals surface area (Å²) >= 11 is 6.50. The molecule has 0 atom stereocenters. The molecule has 0 radical (unpaired) electrons. The molecule has 2 heterocycles. The second-order valence-electron chi connectivity index (χ2n) is 7.43. The van der Waals surface area contributed by atoms with Crippen molar-refractivity contribution in [1.82, 2.24) is 10.1 Å². The number of rotatable bonds is 4. The standard InChI is InChI=1S/C22H21ClN4O/c1-13-6-7-16(20-14(2)26-28-15(20)3)10-19(13)27(5)17-11-18(23)21(25-12-17)22(24-4)8-9-22/h6-7,10-12H,8-9H2,1-3,5H3. The van der Waals surface area contributed by atoms with Gasteiger partial charge in [0.25, 0.3) is 5.54 Å². The van der Waals surface area contributed by atoms with Crippen molar-refractivity contribution in [2.75, 3.05) is 11.9 Å². The first-order valence-electron chi connectivity index (χ1n) is 9.18. The average Bonchev–Trinajstić information content (AvgIpc) is 3.41. The topological polar surface area (TPSA) is 46.5 Å². The van der Waals surface area contributed by atoms with Gasteiger partial charge in [-0.2, -0.15) is 0 Å². The molecule has 28 heavy (non-hydrogen) atoms. The van der Waals surface area contributed by atoms with Crippen LogP contribution in [0.2, 0.25) is 5.02 Å². The SMILES string of the molecule is [C-]#[N+]C1(c2ncc(N(C)c3cc(-c4c(C)noc4C)ccc3C)cc2Cl)CC1. The summed E-state index contributed by atoms with van der Waals surface area (Å²) in [5.41, 5.74) is 6.22. The number of benzene rings is 1. The number of hydrogen-bond acceptors (Lipinski definition) is 4. The van der Waals surface area contributed by atoms with Gasteiger partial charge in [0.1, 0.15) is 11.5 Å². The largest absolute Gasteiger partial charge is 0.361 e. The molecular weight excluding hydrogens is 372 g/mol. The number of aromatic nitrogens is 2. The van der Waals surface area contributed by atoms with Crippen LogP contribution in [0.4, 0.5) is 11.4 Å². The van der Waals surface area contributed by atoms with Gasteiger partial charge in [0.15, 0.2) is 0 Å². The highest BCUT2D eigenvalue weighted by Gasteiger charge is 2.55. The first kappa shape index (κ1) is 18.5. The summed E-state index contributed by atoms with van der Waals surface area (Å²) in [5, 5.41) is 4.62. The summed E-state index contributed by atoms with van der Waals surface area (Å²) in [6.07, 6.45) is 3.46. The average molecular weight is 393 g/mol. The van der Waals surface area contributed by atoms with E-state index in [1.807, 2.05) is 27.0 Å². The Kier molecular flexibility index (Phi) is 4.40. The summed E-state index contributed by atoms with van der Waals surface area (Å²) in [6, 6.07) is 8.21. The van der Waals surface area contributed by atoms with Gasteiger partial charge < -0.3 is 14.3 Å². The summed E-state index contributed by atoms with van der Waals surface area (Å²) in [5.74, 6) is 0.804. The lowest BCUT2D eigenvalue weighted by atomic mass is 10.0. The zero-order valence-electron chi connectivity index (χ0n) is 16.4. The molecule has 3 aromatic rings. The van der Waals surface area contributed by atoms with Crippen LogP contribution in [0.15, 0.2) is 35.0 Å². The molecule has 0 saturated heterocycles. The lowest BCUT2D eigenvalue weighted by Crippen LogP contribution is -2.13. The van der Waals surface area contributed by atoms with Crippen LogP contribution in [-0.2, 0) is 5.54 Å². The number of nitrogens with zero attached hydrogens (tertiary/aromatic N) is 4. The van der Waals surface area contributed by atoms with Crippen molar-refractivity contribution >= 4 is 23.0 Å². The summed E-state index contributed by atoms with van der Waals surface area (Å²) < 4.78 is 5.33. The lowest BCUT2D eigenvalue weighted by molar-refractivity contribution is 0.393. The quantitative estimate of drug-likeness (QED) is 0.511. The van der Waals surface area contributed by atoms with Crippen molar-refractivity contribution in [3.8, 4) is 11.1 Å². The molecule has 5 nitrogen and oxygen atoms in total. The molecule has 0 aliphatic heterocycles. The van der Waals surface area contributed by atoms with E-state index < -0.39 is 5.54 Å². The number of halogens is 1. The normalized spacial score (nSPS) is 14.6. The molecule has 0 amide bonds. The van der Waals surface area contributed by atoms with Crippen molar-refractivity contribution in [2.45, 2.75) is 39.2 Å². The minimum Gasteiger partial charge on any atom is -0.361 e. The van der Waals surface area contributed by atoms with Crippen LogP contribution in [-0.4, -0.2) is 17.2 Å². The molecule has 1 saturated carbocycles. The van der Waals surface area contributed by atoms with Gasteiger partial charge in [0.05, 0.1) is 22.6 Å². The number of pyridine rings is 1. The fraction of sp³-hybridized carbons (Fsp3) is 0.318. The summed E-state index contributed by atoms with van der Waals surface area (Å²) in [6.45, 7) is 13.4. The maximum atomic E-state index is 7.43. The van der Waals surface area contributed by atoms with Crippen LogP contribution in [0.3, 0.4) is 0 Å². The van der Waals surface area contributed by atoms with Crippen LogP contribution >= 0.6 is 11.6 Å². The maximum absolute atomic E-state index is 7.43. The summed E-state index contributed by atoms with van der Waals surface area (Å²) in [4.78, 5) is 10.4. The fourth-order valence-electron chi connectivity index (χ4n) is 3.63.